The molecule has 0 amide bonds. The molecule has 0 saturated carbocycles. The molecule has 2 aromatic rings. The molecule has 2 rings (SSSR count). The Morgan fingerprint density at radius 3 is 3.00 bits per heavy atom. The van der Waals surface area contributed by atoms with Crippen molar-refractivity contribution in [1.29, 1.82) is 0 Å². The van der Waals surface area contributed by atoms with Gasteiger partial charge in [0, 0.05) is 18.5 Å². The molecule has 0 spiro atoms. The maximum atomic E-state index is 13.0. The van der Waals surface area contributed by atoms with Gasteiger partial charge in [0.2, 0.25) is 0 Å². The molecule has 2 heterocycles. The maximum absolute atomic E-state index is 13.0. The summed E-state index contributed by atoms with van der Waals surface area (Å²) in [5.74, 6) is 0.595. The van der Waals surface area contributed by atoms with Crippen LogP contribution in [0.3, 0.4) is 0 Å². The highest BCUT2D eigenvalue weighted by molar-refractivity contribution is 9.10. The van der Waals surface area contributed by atoms with E-state index in [1.165, 1.54) is 12.3 Å². The summed E-state index contributed by atoms with van der Waals surface area (Å²) in [6.45, 7) is 0.260. The lowest BCUT2D eigenvalue weighted by Gasteiger charge is -2.03. The number of halogens is 2. The number of nitrogens with one attached hydrogen (secondary N) is 1. The number of hydrogen-bond acceptors (Lipinski definition) is 3. The smallest absolute Gasteiger partial charge is 0.159 e. The van der Waals surface area contributed by atoms with E-state index in [2.05, 4.69) is 30.9 Å². The summed E-state index contributed by atoms with van der Waals surface area (Å²) in [4.78, 5) is 10.6. The molecule has 2 aromatic heterocycles. The minimum absolute atomic E-state index is 0.174. The molecule has 4 nitrogen and oxygen atoms in total. The Hall–Kier alpha value is -1.43. The van der Waals surface area contributed by atoms with Gasteiger partial charge in [-0.05, 0) is 15.9 Å². The van der Waals surface area contributed by atoms with Gasteiger partial charge in [0.15, 0.2) is 5.82 Å². The number of nitrogens with zero attached hydrogens (tertiary/aromatic N) is 2. The van der Waals surface area contributed by atoms with Crippen molar-refractivity contribution in [1.82, 2.24) is 15.0 Å². The summed E-state index contributed by atoms with van der Waals surface area (Å²) in [5, 5.41) is 0. The SMILES string of the molecule is Fc1cc(OCc2ncc[nH]2)cnc1Br. The van der Waals surface area contributed by atoms with Crippen LogP contribution in [-0.2, 0) is 6.61 Å². The number of rotatable bonds is 3. The molecule has 0 bridgehead atoms. The Morgan fingerprint density at radius 1 is 1.47 bits per heavy atom. The van der Waals surface area contributed by atoms with Crippen molar-refractivity contribution < 1.29 is 9.13 Å². The Kier molecular flexibility index (Phi) is 2.96. The van der Waals surface area contributed by atoms with E-state index in [9.17, 15) is 4.39 Å². The molecule has 0 radical (unpaired) electrons. The second-order valence-corrected chi connectivity index (χ2v) is 3.52. The van der Waals surface area contributed by atoms with Crippen molar-refractivity contribution in [3.63, 3.8) is 0 Å². The van der Waals surface area contributed by atoms with Crippen LogP contribution in [0.25, 0.3) is 0 Å². The summed E-state index contributed by atoms with van der Waals surface area (Å²) in [7, 11) is 0. The van der Waals surface area contributed by atoms with Gasteiger partial charge in [0.1, 0.15) is 22.8 Å². The lowest BCUT2D eigenvalue weighted by atomic mass is 10.4. The first kappa shape index (κ1) is 10.1. The fourth-order valence-electron chi connectivity index (χ4n) is 1.01. The van der Waals surface area contributed by atoms with Crippen molar-refractivity contribution in [3.8, 4) is 5.75 Å². The first-order valence-electron chi connectivity index (χ1n) is 4.18. The van der Waals surface area contributed by atoms with E-state index in [1.54, 1.807) is 12.4 Å². The van der Waals surface area contributed by atoms with Crippen LogP contribution in [0, 0.1) is 5.82 Å². The normalized spacial score (nSPS) is 10.3. The standard InChI is InChI=1S/C9H7BrFN3O/c10-9-7(11)3-6(4-14-9)15-5-8-12-1-2-13-8/h1-4H,5H2,(H,12,13). The quantitative estimate of drug-likeness (QED) is 0.872. The fraction of sp³-hybridized carbons (Fsp3) is 0.111. The predicted octanol–water partition coefficient (Wildman–Crippen LogP) is 2.29. The second-order valence-electron chi connectivity index (χ2n) is 2.77. The van der Waals surface area contributed by atoms with Crippen LogP contribution in [0.4, 0.5) is 4.39 Å². The molecule has 0 fully saturated rings. The van der Waals surface area contributed by atoms with Gasteiger partial charge in [0.25, 0.3) is 0 Å². The van der Waals surface area contributed by atoms with Gasteiger partial charge in [-0.25, -0.2) is 14.4 Å². The topological polar surface area (TPSA) is 50.8 Å². The van der Waals surface area contributed by atoms with Gasteiger partial charge in [0.05, 0.1) is 6.20 Å². The zero-order chi connectivity index (χ0) is 10.7. The zero-order valence-electron chi connectivity index (χ0n) is 7.58. The van der Waals surface area contributed by atoms with E-state index in [-0.39, 0.29) is 11.2 Å². The second kappa shape index (κ2) is 4.39. The third kappa shape index (κ3) is 2.53. The number of H-pyrrole nitrogens is 1. The van der Waals surface area contributed by atoms with E-state index in [0.29, 0.717) is 11.6 Å². The van der Waals surface area contributed by atoms with Gasteiger partial charge in [-0.1, -0.05) is 0 Å². The minimum atomic E-state index is -0.452. The summed E-state index contributed by atoms with van der Waals surface area (Å²) >= 11 is 2.96. The summed E-state index contributed by atoms with van der Waals surface area (Å²) < 4.78 is 18.5. The van der Waals surface area contributed by atoms with Gasteiger partial charge in [-0.3, -0.25) is 0 Å². The first-order chi connectivity index (χ1) is 7.25. The summed E-state index contributed by atoms with van der Waals surface area (Å²) in [5.41, 5.74) is 0. The Bertz CT molecular complexity index is 447. The Morgan fingerprint density at radius 2 is 2.33 bits per heavy atom. The van der Waals surface area contributed by atoms with Crippen LogP contribution >= 0.6 is 15.9 Å². The zero-order valence-corrected chi connectivity index (χ0v) is 9.16. The highest BCUT2D eigenvalue weighted by atomic mass is 79.9. The molecule has 0 unspecified atom stereocenters. The van der Waals surface area contributed by atoms with E-state index in [1.807, 2.05) is 0 Å². The first-order valence-corrected chi connectivity index (χ1v) is 4.97. The van der Waals surface area contributed by atoms with E-state index >= 15 is 0 Å². The number of imidazole rings is 1. The van der Waals surface area contributed by atoms with Crippen molar-refractivity contribution in [2.45, 2.75) is 6.61 Å². The third-order valence-corrected chi connectivity index (χ3v) is 2.29. The number of aromatic amines is 1. The molecule has 0 aliphatic carbocycles. The predicted molar refractivity (Wildman–Crippen MR) is 54.8 cm³/mol. The number of pyridine rings is 1. The Balaban J connectivity index is 2.02. The van der Waals surface area contributed by atoms with Gasteiger partial charge < -0.3 is 9.72 Å². The molecule has 0 saturated heterocycles. The number of hydrogen-bond donors (Lipinski definition) is 1. The lowest BCUT2D eigenvalue weighted by molar-refractivity contribution is 0.294. The maximum Gasteiger partial charge on any atom is 0.159 e. The average molecular weight is 272 g/mol. The van der Waals surface area contributed by atoms with Crippen LogP contribution in [0.5, 0.6) is 5.75 Å². The fourth-order valence-corrected chi connectivity index (χ4v) is 1.23. The van der Waals surface area contributed by atoms with Gasteiger partial charge in [-0.2, -0.15) is 0 Å². The van der Waals surface area contributed by atoms with Crippen molar-refractivity contribution in [2.75, 3.05) is 0 Å². The molecule has 1 N–H and O–H groups in total. The summed E-state index contributed by atoms with van der Waals surface area (Å²) in [6.07, 6.45) is 4.76. The van der Waals surface area contributed by atoms with Crippen molar-refractivity contribution in [2.24, 2.45) is 0 Å². The lowest BCUT2D eigenvalue weighted by Crippen LogP contribution is -1.98. The minimum Gasteiger partial charge on any atom is -0.484 e. The van der Waals surface area contributed by atoms with Crippen LogP contribution in [0.15, 0.2) is 29.3 Å². The van der Waals surface area contributed by atoms with E-state index < -0.39 is 5.82 Å². The average Bonchev–Trinajstić information content (AvgIpc) is 2.73. The van der Waals surface area contributed by atoms with Crippen molar-refractivity contribution >= 4 is 15.9 Å². The highest BCUT2D eigenvalue weighted by Crippen LogP contribution is 2.18. The molecule has 78 valence electrons. The highest BCUT2D eigenvalue weighted by Gasteiger charge is 2.03. The van der Waals surface area contributed by atoms with Crippen LogP contribution < -0.4 is 4.74 Å². The molecular weight excluding hydrogens is 265 g/mol. The molecule has 6 heteroatoms. The molecular formula is C9H7BrFN3O. The number of ether oxygens (including phenoxy) is 1. The molecule has 0 aliphatic heterocycles. The van der Waals surface area contributed by atoms with Crippen LogP contribution in [0.2, 0.25) is 0 Å². The monoisotopic (exact) mass is 271 g/mol. The van der Waals surface area contributed by atoms with E-state index in [0.717, 1.165) is 0 Å². The molecule has 0 atom stereocenters. The van der Waals surface area contributed by atoms with Crippen LogP contribution in [-0.4, -0.2) is 15.0 Å². The van der Waals surface area contributed by atoms with Crippen molar-refractivity contribution in [3.05, 3.63) is 40.9 Å². The number of aromatic nitrogens is 3. The molecule has 0 aromatic carbocycles. The van der Waals surface area contributed by atoms with Gasteiger partial charge in [-0.15, -0.1) is 0 Å². The third-order valence-electron chi connectivity index (χ3n) is 1.70. The molecule has 15 heavy (non-hydrogen) atoms. The van der Waals surface area contributed by atoms with Gasteiger partial charge >= 0.3 is 0 Å². The summed E-state index contributed by atoms with van der Waals surface area (Å²) in [6, 6.07) is 1.26. The van der Waals surface area contributed by atoms with E-state index in [4.69, 9.17) is 4.74 Å². The van der Waals surface area contributed by atoms with Crippen LogP contribution in [0.1, 0.15) is 5.82 Å². The molecule has 0 aliphatic rings. The Labute approximate surface area is 93.6 Å². The largest absolute Gasteiger partial charge is 0.484 e.